The quantitative estimate of drug-likeness (QED) is 0.0659. The number of phosphoric acid groups is 1. The summed E-state index contributed by atoms with van der Waals surface area (Å²) in [6, 6.07) is 0. The van der Waals surface area contributed by atoms with Gasteiger partial charge in [0.25, 0.3) is 0 Å². The van der Waals surface area contributed by atoms with Crippen molar-refractivity contribution in [3.05, 3.63) is 48.6 Å². The first-order valence-corrected chi connectivity index (χ1v) is 14.6. The van der Waals surface area contributed by atoms with E-state index < -0.39 is 19.9 Å². The summed E-state index contributed by atoms with van der Waals surface area (Å²) in [5, 5.41) is 0. The average molecular weight is 530 g/mol. The maximum absolute atomic E-state index is 11.7. The van der Waals surface area contributed by atoms with Crippen LogP contribution in [0.5, 0.6) is 0 Å². The number of hydrogen-bond donors (Lipinski definition) is 2. The van der Waals surface area contributed by atoms with Crippen LogP contribution in [0.2, 0.25) is 0 Å². The van der Waals surface area contributed by atoms with Gasteiger partial charge in [-0.2, -0.15) is 0 Å². The predicted octanol–water partition coefficient (Wildman–Crippen LogP) is 6.17. The highest BCUT2D eigenvalue weighted by atomic mass is 31.2. The minimum atomic E-state index is -4.23. The van der Waals surface area contributed by atoms with Gasteiger partial charge in [0, 0.05) is 20.1 Å². The lowest BCUT2D eigenvalue weighted by Gasteiger charge is -2.19. The Hall–Kier alpha value is -1.54. The topological polar surface area (TPSA) is 117 Å². The van der Waals surface area contributed by atoms with Crippen molar-refractivity contribution in [3.63, 3.8) is 0 Å². The summed E-state index contributed by atoms with van der Waals surface area (Å²) in [6.07, 6.45) is 27.5. The predicted molar refractivity (Wildman–Crippen MR) is 146 cm³/mol. The Morgan fingerprint density at radius 1 is 0.833 bits per heavy atom. The second kappa shape index (κ2) is 25.1. The SMILES string of the molecule is CC/C=C\C/C=C\C/C=C\C/C=C\CCCCCCCOCC(COP(=O)(O)OCCN)OC(C)=O. The molecule has 9 heteroatoms. The van der Waals surface area contributed by atoms with Gasteiger partial charge in [-0.3, -0.25) is 13.8 Å². The summed E-state index contributed by atoms with van der Waals surface area (Å²) in [6.45, 7) is 3.70. The normalized spacial score (nSPS) is 14.9. The molecule has 0 saturated heterocycles. The van der Waals surface area contributed by atoms with Crippen LogP contribution in [0, 0.1) is 0 Å². The number of carbonyl (C=O) groups excluding carboxylic acids is 1. The van der Waals surface area contributed by atoms with E-state index in [1.165, 1.54) is 19.8 Å². The van der Waals surface area contributed by atoms with Gasteiger partial charge in [0.1, 0.15) is 6.10 Å². The van der Waals surface area contributed by atoms with Crippen LogP contribution >= 0.6 is 7.82 Å². The van der Waals surface area contributed by atoms with Crippen LogP contribution in [0.4, 0.5) is 0 Å². The van der Waals surface area contributed by atoms with Gasteiger partial charge in [0.05, 0.1) is 19.8 Å². The maximum atomic E-state index is 11.7. The summed E-state index contributed by atoms with van der Waals surface area (Å²) in [5.74, 6) is -0.517. The molecule has 0 heterocycles. The van der Waals surface area contributed by atoms with E-state index in [0.29, 0.717) is 6.61 Å². The largest absolute Gasteiger partial charge is 0.472 e. The van der Waals surface area contributed by atoms with E-state index in [0.717, 1.165) is 51.4 Å². The van der Waals surface area contributed by atoms with Crippen LogP contribution < -0.4 is 5.73 Å². The van der Waals surface area contributed by atoms with Gasteiger partial charge in [-0.25, -0.2) is 4.57 Å². The summed E-state index contributed by atoms with van der Waals surface area (Å²) < 4.78 is 31.8. The number of hydrogen-bond acceptors (Lipinski definition) is 7. The molecule has 0 bridgehead atoms. The van der Waals surface area contributed by atoms with Gasteiger partial charge in [-0.15, -0.1) is 0 Å². The highest BCUT2D eigenvalue weighted by Crippen LogP contribution is 2.43. The first-order valence-electron chi connectivity index (χ1n) is 13.1. The lowest BCUT2D eigenvalue weighted by atomic mass is 10.1. The Bertz CT molecular complexity index is 692. The molecule has 8 nitrogen and oxygen atoms in total. The molecular formula is C27H48NO7P. The molecule has 0 saturated carbocycles. The zero-order chi connectivity index (χ0) is 26.7. The molecule has 2 atom stereocenters. The second-order valence-corrected chi connectivity index (χ2v) is 9.70. The van der Waals surface area contributed by atoms with E-state index in [-0.39, 0.29) is 26.4 Å². The molecule has 0 radical (unpaired) electrons. The molecule has 36 heavy (non-hydrogen) atoms. The van der Waals surface area contributed by atoms with Crippen LogP contribution in [-0.4, -0.2) is 49.9 Å². The minimum Gasteiger partial charge on any atom is -0.458 e. The summed E-state index contributed by atoms with van der Waals surface area (Å²) in [7, 11) is -4.23. The Morgan fingerprint density at radius 2 is 1.42 bits per heavy atom. The van der Waals surface area contributed by atoms with Crippen molar-refractivity contribution >= 4 is 13.8 Å². The molecule has 208 valence electrons. The van der Waals surface area contributed by atoms with E-state index in [1.807, 2.05) is 0 Å². The Morgan fingerprint density at radius 3 is 2.03 bits per heavy atom. The monoisotopic (exact) mass is 529 g/mol. The molecule has 0 rings (SSSR count). The fraction of sp³-hybridized carbons (Fsp3) is 0.667. The third kappa shape index (κ3) is 25.5. The Balaban J connectivity index is 3.73. The zero-order valence-corrected chi connectivity index (χ0v) is 23.1. The van der Waals surface area contributed by atoms with Crippen LogP contribution in [0.1, 0.15) is 78.1 Å². The first-order chi connectivity index (χ1) is 17.4. The van der Waals surface area contributed by atoms with Crippen molar-refractivity contribution in [2.75, 3.05) is 33.0 Å². The second-order valence-electron chi connectivity index (χ2n) is 8.25. The van der Waals surface area contributed by atoms with Crippen molar-refractivity contribution in [2.24, 2.45) is 5.73 Å². The summed E-state index contributed by atoms with van der Waals surface area (Å²) >= 11 is 0. The first kappa shape index (κ1) is 34.5. The van der Waals surface area contributed by atoms with E-state index in [2.05, 4.69) is 60.1 Å². The summed E-state index contributed by atoms with van der Waals surface area (Å²) in [5.41, 5.74) is 5.23. The molecular weight excluding hydrogens is 481 g/mol. The number of phosphoric ester groups is 1. The summed E-state index contributed by atoms with van der Waals surface area (Å²) in [4.78, 5) is 20.8. The van der Waals surface area contributed by atoms with Gasteiger partial charge >= 0.3 is 13.8 Å². The molecule has 3 N–H and O–H groups in total. The lowest BCUT2D eigenvalue weighted by molar-refractivity contribution is -0.151. The number of unbranched alkanes of at least 4 members (excludes halogenated alkanes) is 5. The van der Waals surface area contributed by atoms with Crippen molar-refractivity contribution in [1.82, 2.24) is 0 Å². The molecule has 0 aromatic carbocycles. The standard InChI is InChI=1S/C27H48NO7P/c1-3-4-5-6-7-8-9-10-11-12-13-14-15-16-17-18-19-20-22-32-24-27(35-26(2)29)25-34-36(30,31)33-23-21-28/h4-5,7-8,10-11,13-14,27H,3,6,9,12,15-25,28H2,1-2H3,(H,30,31)/b5-4-,8-7-,11-10-,14-13-. The van der Waals surface area contributed by atoms with E-state index in [9.17, 15) is 14.3 Å². The number of esters is 1. The molecule has 0 aliphatic rings. The van der Waals surface area contributed by atoms with Crippen molar-refractivity contribution in [2.45, 2.75) is 84.2 Å². The number of rotatable bonds is 24. The van der Waals surface area contributed by atoms with Crippen molar-refractivity contribution < 1.29 is 32.8 Å². The van der Waals surface area contributed by atoms with Gasteiger partial charge in [-0.1, -0.05) is 74.8 Å². The molecule has 0 aliphatic carbocycles. The number of carbonyl (C=O) groups is 1. The van der Waals surface area contributed by atoms with Gasteiger partial charge in [0.15, 0.2) is 0 Å². The Labute approximate surface area is 218 Å². The Kier molecular flexibility index (Phi) is 24.0. The molecule has 0 aromatic rings. The smallest absolute Gasteiger partial charge is 0.458 e. The van der Waals surface area contributed by atoms with Crippen LogP contribution in [0.25, 0.3) is 0 Å². The number of nitrogens with two attached hydrogens (primary N) is 1. The highest BCUT2D eigenvalue weighted by Gasteiger charge is 2.24. The molecule has 0 aromatic heterocycles. The van der Waals surface area contributed by atoms with Gasteiger partial charge in [-0.05, 0) is 44.9 Å². The molecule has 0 fully saturated rings. The van der Waals surface area contributed by atoms with E-state index >= 15 is 0 Å². The third-order valence-electron chi connectivity index (χ3n) is 4.81. The molecule has 2 unspecified atom stereocenters. The van der Waals surface area contributed by atoms with Crippen LogP contribution in [0.3, 0.4) is 0 Å². The fourth-order valence-electron chi connectivity index (χ4n) is 3.04. The van der Waals surface area contributed by atoms with Gasteiger partial charge < -0.3 is 20.1 Å². The fourth-order valence-corrected chi connectivity index (χ4v) is 3.81. The van der Waals surface area contributed by atoms with Crippen molar-refractivity contribution in [3.8, 4) is 0 Å². The van der Waals surface area contributed by atoms with Gasteiger partial charge in [0.2, 0.25) is 0 Å². The number of ether oxygens (including phenoxy) is 2. The zero-order valence-electron chi connectivity index (χ0n) is 22.2. The van der Waals surface area contributed by atoms with Crippen LogP contribution in [-0.2, 0) is 27.9 Å². The van der Waals surface area contributed by atoms with Crippen LogP contribution in [0.15, 0.2) is 48.6 Å². The average Bonchev–Trinajstić information content (AvgIpc) is 2.84. The van der Waals surface area contributed by atoms with Crippen molar-refractivity contribution in [1.29, 1.82) is 0 Å². The maximum Gasteiger partial charge on any atom is 0.472 e. The molecule has 0 spiro atoms. The van der Waals surface area contributed by atoms with E-state index in [1.54, 1.807) is 0 Å². The third-order valence-corrected chi connectivity index (χ3v) is 5.79. The lowest BCUT2D eigenvalue weighted by Crippen LogP contribution is -2.27. The molecule has 0 aliphatic heterocycles. The molecule has 0 amide bonds. The minimum absolute atomic E-state index is 0.0856. The van der Waals surface area contributed by atoms with E-state index in [4.69, 9.17) is 19.7 Å². The number of allylic oxidation sites excluding steroid dienone is 8. The highest BCUT2D eigenvalue weighted by molar-refractivity contribution is 7.47.